The summed E-state index contributed by atoms with van der Waals surface area (Å²) in [6, 6.07) is 9.76. The first-order valence-corrected chi connectivity index (χ1v) is 9.71. The normalized spacial score (nSPS) is 17.3. The summed E-state index contributed by atoms with van der Waals surface area (Å²) in [6.45, 7) is 0.476. The average Bonchev–Trinajstić information content (AvgIpc) is 3.26. The molecule has 152 valence electrons. The molecule has 1 unspecified atom stereocenters. The third-order valence-electron chi connectivity index (χ3n) is 4.63. The van der Waals surface area contributed by atoms with Crippen molar-refractivity contribution >= 4 is 40.3 Å². The van der Waals surface area contributed by atoms with Gasteiger partial charge in [0.1, 0.15) is 11.6 Å². The van der Waals surface area contributed by atoms with E-state index in [1.807, 2.05) is 0 Å². The number of carbonyl (C=O) groups excluding carboxylic acids is 1. The van der Waals surface area contributed by atoms with Crippen LogP contribution in [0.15, 0.2) is 40.8 Å². The van der Waals surface area contributed by atoms with E-state index in [9.17, 15) is 13.6 Å². The fourth-order valence-electron chi connectivity index (χ4n) is 3.33. The third kappa shape index (κ3) is 4.69. The molecule has 0 N–H and O–H groups in total. The fourth-order valence-corrected chi connectivity index (χ4v) is 3.85. The van der Waals surface area contributed by atoms with E-state index in [4.69, 9.17) is 32.4 Å². The second-order valence-corrected chi connectivity index (χ2v) is 7.70. The summed E-state index contributed by atoms with van der Waals surface area (Å²) < 4.78 is 36.2. The Morgan fingerprint density at radius 3 is 2.72 bits per heavy atom. The lowest BCUT2D eigenvalue weighted by Crippen LogP contribution is -2.29. The maximum absolute atomic E-state index is 12.5. The number of hydrogen-bond donors (Lipinski definition) is 0. The predicted molar refractivity (Wildman–Crippen MR) is 106 cm³/mol. The van der Waals surface area contributed by atoms with Crippen molar-refractivity contribution in [1.29, 1.82) is 0 Å². The summed E-state index contributed by atoms with van der Waals surface area (Å²) in [5.74, 6) is -0.201. The number of hydrogen-bond acceptors (Lipinski definition) is 5. The van der Waals surface area contributed by atoms with Crippen molar-refractivity contribution in [1.82, 2.24) is 9.88 Å². The van der Waals surface area contributed by atoms with Crippen LogP contribution in [0.5, 0.6) is 0 Å². The Hall–Kier alpha value is -2.22. The second-order valence-electron chi connectivity index (χ2n) is 6.83. The van der Waals surface area contributed by atoms with Crippen LogP contribution in [-0.4, -0.2) is 48.0 Å². The largest absolute Gasteiger partial charge is 0.457 e. The molecule has 9 heteroatoms. The van der Waals surface area contributed by atoms with Gasteiger partial charge in [-0.3, -0.25) is 4.90 Å². The zero-order valence-corrected chi connectivity index (χ0v) is 16.6. The first-order valence-electron chi connectivity index (χ1n) is 8.96. The van der Waals surface area contributed by atoms with Gasteiger partial charge in [-0.2, -0.15) is 0 Å². The molecule has 0 saturated carbocycles. The van der Waals surface area contributed by atoms with E-state index >= 15 is 0 Å². The molecule has 0 spiro atoms. The molecule has 1 fully saturated rings. The first kappa shape index (κ1) is 20.1. The summed E-state index contributed by atoms with van der Waals surface area (Å²) in [5.41, 5.74) is 1.90. The lowest BCUT2D eigenvalue weighted by Gasteiger charge is -2.15. The second kappa shape index (κ2) is 8.26. The van der Waals surface area contributed by atoms with Crippen LogP contribution in [-0.2, 0) is 4.74 Å². The Balaban J connectivity index is 1.49. The van der Waals surface area contributed by atoms with Crippen LogP contribution in [0, 0.1) is 0 Å². The highest BCUT2D eigenvalue weighted by molar-refractivity contribution is 6.35. The van der Waals surface area contributed by atoms with Gasteiger partial charge in [0, 0.05) is 28.7 Å². The van der Waals surface area contributed by atoms with Crippen molar-refractivity contribution in [3.8, 4) is 11.5 Å². The number of esters is 1. The van der Waals surface area contributed by atoms with Crippen molar-refractivity contribution in [3.05, 3.63) is 52.0 Å². The Morgan fingerprint density at radius 2 is 2.00 bits per heavy atom. The van der Waals surface area contributed by atoms with Gasteiger partial charge in [0.15, 0.2) is 5.58 Å². The number of likely N-dealkylation sites (tertiary alicyclic amines) is 1. The fraction of sp³-hybridized carbons (Fsp3) is 0.300. The lowest BCUT2D eigenvalue weighted by molar-refractivity contribution is 0.0302. The van der Waals surface area contributed by atoms with Gasteiger partial charge in [-0.25, -0.2) is 18.6 Å². The van der Waals surface area contributed by atoms with Crippen LogP contribution in [0.2, 0.25) is 10.0 Å². The standard InChI is InChI=1S/C20H16Cl2F2N2O3/c21-13-5-12(6-14(22)8-13)19-25-16-2-1-11(7-17(16)29-19)20(27)28-15-3-4-26(9-15)10-18(23)24/h1-2,5-8,15,18H,3-4,9-10H2. The van der Waals surface area contributed by atoms with Crippen molar-refractivity contribution in [2.24, 2.45) is 0 Å². The minimum absolute atomic E-state index is 0.302. The van der Waals surface area contributed by atoms with Gasteiger partial charge in [-0.15, -0.1) is 0 Å². The van der Waals surface area contributed by atoms with Crippen molar-refractivity contribution < 1.29 is 22.7 Å². The molecular weight excluding hydrogens is 425 g/mol. The summed E-state index contributed by atoms with van der Waals surface area (Å²) >= 11 is 12.0. The molecule has 0 amide bonds. The smallest absolute Gasteiger partial charge is 0.338 e. The summed E-state index contributed by atoms with van der Waals surface area (Å²) in [5, 5.41) is 0.910. The van der Waals surface area contributed by atoms with E-state index in [-0.39, 0.29) is 6.54 Å². The number of halogens is 4. The molecule has 0 bridgehead atoms. The summed E-state index contributed by atoms with van der Waals surface area (Å²) in [7, 11) is 0. The van der Waals surface area contributed by atoms with Crippen LogP contribution in [0.3, 0.4) is 0 Å². The van der Waals surface area contributed by atoms with Crippen molar-refractivity contribution in [3.63, 3.8) is 0 Å². The molecule has 1 saturated heterocycles. The molecule has 1 aliphatic heterocycles. The van der Waals surface area contributed by atoms with E-state index in [1.54, 1.807) is 41.3 Å². The number of aromatic nitrogens is 1. The lowest BCUT2D eigenvalue weighted by atomic mass is 10.2. The quantitative estimate of drug-likeness (QED) is 0.504. The molecule has 1 aliphatic rings. The van der Waals surface area contributed by atoms with Gasteiger partial charge >= 0.3 is 5.97 Å². The van der Waals surface area contributed by atoms with Crippen LogP contribution in [0.25, 0.3) is 22.6 Å². The van der Waals surface area contributed by atoms with Gasteiger partial charge in [0.25, 0.3) is 6.43 Å². The van der Waals surface area contributed by atoms with E-state index in [0.717, 1.165) is 0 Å². The highest BCUT2D eigenvalue weighted by Crippen LogP contribution is 2.30. The molecule has 2 heterocycles. The number of carbonyl (C=O) groups is 1. The molecule has 29 heavy (non-hydrogen) atoms. The van der Waals surface area contributed by atoms with E-state index < -0.39 is 18.5 Å². The predicted octanol–water partition coefficient (Wildman–Crippen LogP) is 5.30. The van der Waals surface area contributed by atoms with Crippen LogP contribution >= 0.6 is 23.2 Å². The van der Waals surface area contributed by atoms with Crippen LogP contribution in [0.4, 0.5) is 8.78 Å². The van der Waals surface area contributed by atoms with E-state index in [0.29, 0.717) is 57.7 Å². The summed E-state index contributed by atoms with van der Waals surface area (Å²) in [4.78, 5) is 18.4. The Kier molecular flexibility index (Phi) is 5.72. The molecular formula is C20H16Cl2F2N2O3. The monoisotopic (exact) mass is 440 g/mol. The zero-order chi connectivity index (χ0) is 20.5. The minimum atomic E-state index is -2.40. The number of nitrogens with zero attached hydrogens (tertiary/aromatic N) is 2. The van der Waals surface area contributed by atoms with Crippen LogP contribution in [0.1, 0.15) is 16.8 Å². The molecule has 1 aromatic heterocycles. The number of rotatable bonds is 5. The van der Waals surface area contributed by atoms with Gasteiger partial charge in [-0.05, 0) is 42.8 Å². The van der Waals surface area contributed by atoms with Gasteiger partial charge in [0.05, 0.1) is 12.1 Å². The van der Waals surface area contributed by atoms with Gasteiger partial charge in [-0.1, -0.05) is 23.2 Å². The number of benzene rings is 2. The number of ether oxygens (including phenoxy) is 1. The zero-order valence-electron chi connectivity index (χ0n) is 15.1. The topological polar surface area (TPSA) is 55.6 Å². The maximum atomic E-state index is 12.5. The van der Waals surface area contributed by atoms with E-state index in [1.165, 1.54) is 0 Å². The maximum Gasteiger partial charge on any atom is 0.338 e. The Morgan fingerprint density at radius 1 is 1.24 bits per heavy atom. The molecule has 5 nitrogen and oxygen atoms in total. The third-order valence-corrected chi connectivity index (χ3v) is 5.07. The first-order chi connectivity index (χ1) is 13.9. The Labute approximate surface area is 175 Å². The molecule has 1 atom stereocenters. The highest BCUT2D eigenvalue weighted by atomic mass is 35.5. The molecule has 2 aromatic carbocycles. The summed E-state index contributed by atoms with van der Waals surface area (Å²) in [6.07, 6.45) is -2.28. The average molecular weight is 441 g/mol. The number of fused-ring (bicyclic) bond motifs is 1. The highest BCUT2D eigenvalue weighted by Gasteiger charge is 2.27. The molecule has 0 radical (unpaired) electrons. The molecule has 0 aliphatic carbocycles. The molecule has 4 rings (SSSR count). The number of oxazole rings is 1. The van der Waals surface area contributed by atoms with E-state index in [2.05, 4.69) is 4.98 Å². The minimum Gasteiger partial charge on any atom is -0.457 e. The Bertz CT molecular complexity index is 1040. The van der Waals surface area contributed by atoms with Gasteiger partial charge in [0.2, 0.25) is 5.89 Å². The number of alkyl halides is 2. The van der Waals surface area contributed by atoms with Crippen LogP contribution < -0.4 is 0 Å². The van der Waals surface area contributed by atoms with Crippen molar-refractivity contribution in [2.45, 2.75) is 19.0 Å². The van der Waals surface area contributed by atoms with Crippen molar-refractivity contribution in [2.75, 3.05) is 19.6 Å². The van der Waals surface area contributed by atoms with Gasteiger partial charge < -0.3 is 9.15 Å². The molecule has 3 aromatic rings. The SMILES string of the molecule is O=C(OC1CCN(CC(F)F)C1)c1ccc2nc(-c3cc(Cl)cc(Cl)c3)oc2c1.